The lowest BCUT2D eigenvalue weighted by molar-refractivity contribution is -0.117. The maximum Gasteiger partial charge on any atom is 0.248 e. The van der Waals surface area contributed by atoms with E-state index in [1.54, 1.807) is 11.8 Å². The molecule has 2 aliphatic rings. The molecule has 1 fully saturated rings. The molecule has 31 heavy (non-hydrogen) atoms. The highest BCUT2D eigenvalue weighted by atomic mass is 32.2. The van der Waals surface area contributed by atoms with Crippen molar-refractivity contribution in [2.75, 3.05) is 49.9 Å². The first-order valence-corrected chi connectivity index (χ1v) is 11.9. The van der Waals surface area contributed by atoms with Gasteiger partial charge in [0.25, 0.3) is 0 Å². The third-order valence-corrected chi connectivity index (χ3v) is 6.99. The van der Waals surface area contributed by atoms with Crippen LogP contribution >= 0.6 is 11.8 Å². The van der Waals surface area contributed by atoms with Crippen molar-refractivity contribution >= 4 is 35.7 Å². The van der Waals surface area contributed by atoms with Gasteiger partial charge in [-0.1, -0.05) is 30.3 Å². The van der Waals surface area contributed by atoms with Gasteiger partial charge in [-0.05, 0) is 49.2 Å². The topological polar surface area (TPSA) is 52.7 Å². The lowest BCUT2D eigenvalue weighted by Gasteiger charge is -2.36. The number of piperazine rings is 1. The second-order valence-electron chi connectivity index (χ2n) is 8.00. The molecule has 4 rings (SSSR count). The maximum absolute atomic E-state index is 12.5. The number of hydrogen-bond acceptors (Lipinski definition) is 5. The standard InChI is InChI=1S/C25H29N3O2S/c29-18-20-6-5-8-23(16-20)28-14-12-27(13-15-28)11-4-3-10-26-25(30)22-17-21-7-1-2-9-24(21)31-19-22/h1-2,5-9,16-18H,3-4,10-15,19H2,(H,26,30). The molecular formula is C25H29N3O2S. The van der Waals surface area contributed by atoms with Gasteiger partial charge in [0.2, 0.25) is 5.91 Å². The third kappa shape index (κ3) is 5.77. The fourth-order valence-electron chi connectivity index (χ4n) is 4.05. The summed E-state index contributed by atoms with van der Waals surface area (Å²) >= 11 is 1.73. The van der Waals surface area contributed by atoms with Crippen molar-refractivity contribution in [2.45, 2.75) is 17.7 Å². The number of carbonyl (C=O) groups is 2. The fraction of sp³-hybridized carbons (Fsp3) is 0.360. The van der Waals surface area contributed by atoms with Gasteiger partial charge in [-0.25, -0.2) is 0 Å². The SMILES string of the molecule is O=Cc1cccc(N2CCN(CCCCNC(=O)C3=Cc4ccccc4SC3)CC2)c1. The molecule has 0 bridgehead atoms. The average Bonchev–Trinajstić information content (AvgIpc) is 2.84. The summed E-state index contributed by atoms with van der Waals surface area (Å²) in [6.07, 6.45) is 4.99. The van der Waals surface area contributed by atoms with Crippen molar-refractivity contribution in [3.63, 3.8) is 0 Å². The molecule has 1 amide bonds. The van der Waals surface area contributed by atoms with Gasteiger partial charge >= 0.3 is 0 Å². The Bertz CT molecular complexity index is 951. The van der Waals surface area contributed by atoms with Crippen molar-refractivity contribution in [1.82, 2.24) is 10.2 Å². The Labute approximate surface area is 188 Å². The van der Waals surface area contributed by atoms with Gasteiger partial charge in [-0.2, -0.15) is 0 Å². The Kier molecular flexibility index (Phi) is 7.43. The molecule has 6 heteroatoms. The van der Waals surface area contributed by atoms with E-state index in [2.05, 4.69) is 33.3 Å². The molecular weight excluding hydrogens is 406 g/mol. The highest BCUT2D eigenvalue weighted by Gasteiger charge is 2.18. The van der Waals surface area contributed by atoms with E-state index in [-0.39, 0.29) is 5.91 Å². The summed E-state index contributed by atoms with van der Waals surface area (Å²) in [5.41, 5.74) is 3.86. The molecule has 0 spiro atoms. The van der Waals surface area contributed by atoms with Crippen LogP contribution in [0.15, 0.2) is 59.0 Å². The van der Waals surface area contributed by atoms with Crippen LogP contribution in [0.1, 0.15) is 28.8 Å². The summed E-state index contributed by atoms with van der Waals surface area (Å²) in [4.78, 5) is 29.5. The van der Waals surface area contributed by atoms with Gasteiger partial charge in [-0.15, -0.1) is 11.8 Å². The smallest absolute Gasteiger partial charge is 0.248 e. The molecule has 2 aromatic carbocycles. The fourth-order valence-corrected chi connectivity index (χ4v) is 5.04. The molecule has 2 aliphatic heterocycles. The molecule has 0 saturated carbocycles. The van der Waals surface area contributed by atoms with Gasteiger partial charge in [0.05, 0.1) is 0 Å². The quantitative estimate of drug-likeness (QED) is 0.506. The first kappa shape index (κ1) is 21.7. The van der Waals surface area contributed by atoms with Crippen LogP contribution in [0.2, 0.25) is 0 Å². The van der Waals surface area contributed by atoms with Crippen LogP contribution < -0.4 is 10.2 Å². The zero-order valence-corrected chi connectivity index (χ0v) is 18.6. The first-order chi connectivity index (χ1) is 15.2. The van der Waals surface area contributed by atoms with Crippen LogP contribution in [0.3, 0.4) is 0 Å². The predicted molar refractivity (Wildman–Crippen MR) is 128 cm³/mol. The Morgan fingerprint density at radius 1 is 1.03 bits per heavy atom. The van der Waals surface area contributed by atoms with E-state index in [4.69, 9.17) is 0 Å². The molecule has 0 radical (unpaired) electrons. The summed E-state index contributed by atoms with van der Waals surface area (Å²) in [7, 11) is 0. The Morgan fingerprint density at radius 3 is 2.71 bits per heavy atom. The number of benzene rings is 2. The van der Waals surface area contributed by atoms with E-state index in [9.17, 15) is 9.59 Å². The van der Waals surface area contributed by atoms with E-state index in [1.807, 2.05) is 36.4 Å². The molecule has 0 aromatic heterocycles. The lowest BCUT2D eigenvalue weighted by atomic mass is 10.1. The maximum atomic E-state index is 12.5. The van der Waals surface area contributed by atoms with Crippen molar-refractivity contribution < 1.29 is 9.59 Å². The van der Waals surface area contributed by atoms with Gasteiger partial charge in [0.15, 0.2) is 0 Å². The third-order valence-electron chi connectivity index (χ3n) is 5.85. The molecule has 0 aliphatic carbocycles. The number of unbranched alkanes of at least 4 members (excludes halogenated alkanes) is 1. The zero-order chi connectivity index (χ0) is 21.5. The minimum Gasteiger partial charge on any atom is -0.369 e. The predicted octanol–water partition coefficient (Wildman–Crippen LogP) is 3.71. The molecule has 2 aromatic rings. The van der Waals surface area contributed by atoms with Crippen LogP contribution in [0, 0.1) is 0 Å². The highest BCUT2D eigenvalue weighted by Crippen LogP contribution is 2.31. The molecule has 5 nitrogen and oxygen atoms in total. The van der Waals surface area contributed by atoms with E-state index < -0.39 is 0 Å². The number of nitrogens with zero attached hydrogens (tertiary/aromatic N) is 2. The first-order valence-electron chi connectivity index (χ1n) is 11.0. The molecule has 162 valence electrons. The summed E-state index contributed by atoms with van der Waals surface area (Å²) in [5.74, 6) is 0.802. The second-order valence-corrected chi connectivity index (χ2v) is 9.02. The molecule has 0 unspecified atom stereocenters. The monoisotopic (exact) mass is 435 g/mol. The van der Waals surface area contributed by atoms with Crippen LogP contribution in [0.4, 0.5) is 5.69 Å². The minimum absolute atomic E-state index is 0.0631. The van der Waals surface area contributed by atoms with Gasteiger partial charge in [0, 0.05) is 60.2 Å². The average molecular weight is 436 g/mol. The van der Waals surface area contributed by atoms with Gasteiger partial charge in [-0.3, -0.25) is 14.5 Å². The lowest BCUT2D eigenvalue weighted by Crippen LogP contribution is -2.46. The summed E-state index contributed by atoms with van der Waals surface area (Å²) in [6, 6.07) is 16.0. The van der Waals surface area contributed by atoms with E-state index >= 15 is 0 Å². The van der Waals surface area contributed by atoms with Crippen LogP contribution in [-0.4, -0.2) is 62.1 Å². The van der Waals surface area contributed by atoms with Gasteiger partial charge < -0.3 is 10.2 Å². The van der Waals surface area contributed by atoms with Crippen molar-refractivity contribution in [1.29, 1.82) is 0 Å². The van der Waals surface area contributed by atoms with E-state index in [0.29, 0.717) is 0 Å². The van der Waals surface area contributed by atoms with Crippen LogP contribution in [-0.2, 0) is 4.79 Å². The highest BCUT2D eigenvalue weighted by molar-refractivity contribution is 7.99. The molecule has 1 N–H and O–H groups in total. The Balaban J connectivity index is 1.13. The summed E-state index contributed by atoms with van der Waals surface area (Å²) in [5, 5.41) is 3.08. The largest absolute Gasteiger partial charge is 0.369 e. The summed E-state index contributed by atoms with van der Waals surface area (Å²) < 4.78 is 0. The number of hydrogen-bond donors (Lipinski definition) is 1. The number of aldehydes is 1. The number of nitrogens with one attached hydrogen (secondary N) is 1. The van der Waals surface area contributed by atoms with Crippen LogP contribution in [0.25, 0.3) is 6.08 Å². The minimum atomic E-state index is 0.0631. The summed E-state index contributed by atoms with van der Waals surface area (Å²) in [6.45, 7) is 5.80. The number of rotatable bonds is 8. The Hall–Kier alpha value is -2.57. The number of thioether (sulfide) groups is 1. The van der Waals surface area contributed by atoms with Crippen molar-refractivity contribution in [2.24, 2.45) is 0 Å². The molecule has 2 heterocycles. The Morgan fingerprint density at radius 2 is 1.87 bits per heavy atom. The van der Waals surface area contributed by atoms with Crippen LogP contribution in [0.5, 0.6) is 0 Å². The second kappa shape index (κ2) is 10.6. The van der Waals surface area contributed by atoms with Crippen molar-refractivity contribution in [3.8, 4) is 0 Å². The van der Waals surface area contributed by atoms with Crippen molar-refractivity contribution in [3.05, 3.63) is 65.2 Å². The van der Waals surface area contributed by atoms with E-state index in [0.717, 1.165) is 86.5 Å². The van der Waals surface area contributed by atoms with E-state index in [1.165, 1.54) is 4.90 Å². The van der Waals surface area contributed by atoms with Gasteiger partial charge in [0.1, 0.15) is 6.29 Å². The number of carbonyl (C=O) groups excluding carboxylic acids is 2. The number of anilines is 1. The number of fused-ring (bicyclic) bond motifs is 1. The molecule has 0 atom stereocenters. The zero-order valence-electron chi connectivity index (χ0n) is 17.8. The normalized spacial score (nSPS) is 16.4. The number of amides is 1. The molecule has 1 saturated heterocycles.